The van der Waals surface area contributed by atoms with Gasteiger partial charge >= 0.3 is 6.09 Å². The van der Waals surface area contributed by atoms with Crippen LogP contribution in [0.3, 0.4) is 0 Å². The number of carbonyl (C=O) groups is 1. The van der Waals surface area contributed by atoms with Gasteiger partial charge in [0.25, 0.3) is 0 Å². The van der Waals surface area contributed by atoms with E-state index in [-0.39, 0.29) is 12.7 Å². The lowest BCUT2D eigenvalue weighted by Crippen LogP contribution is -2.42. The van der Waals surface area contributed by atoms with E-state index in [9.17, 15) is 9.90 Å². The van der Waals surface area contributed by atoms with E-state index in [4.69, 9.17) is 4.74 Å². The van der Waals surface area contributed by atoms with Gasteiger partial charge in [0.05, 0.1) is 6.10 Å². The summed E-state index contributed by atoms with van der Waals surface area (Å²) in [4.78, 5) is 13.3. The van der Waals surface area contributed by atoms with Crippen molar-refractivity contribution in [1.29, 1.82) is 0 Å². The Labute approximate surface area is 101 Å². The van der Waals surface area contributed by atoms with E-state index in [0.29, 0.717) is 13.1 Å². The zero-order valence-corrected chi connectivity index (χ0v) is 9.71. The minimum atomic E-state index is -0.409. The predicted octanol–water partition coefficient (Wildman–Crippen LogP) is 1.78. The van der Waals surface area contributed by atoms with Gasteiger partial charge in [-0.25, -0.2) is 4.79 Å². The van der Waals surface area contributed by atoms with E-state index in [1.54, 1.807) is 4.90 Å². The van der Waals surface area contributed by atoms with E-state index in [1.807, 2.05) is 30.3 Å². The molecule has 1 atom stereocenters. The summed E-state index contributed by atoms with van der Waals surface area (Å²) in [5.41, 5.74) is 0.971. The quantitative estimate of drug-likeness (QED) is 0.850. The highest BCUT2D eigenvalue weighted by molar-refractivity contribution is 5.67. The second-order valence-electron chi connectivity index (χ2n) is 4.28. The molecule has 1 aliphatic rings. The molecule has 0 spiro atoms. The number of ether oxygens (including phenoxy) is 1. The highest BCUT2D eigenvalue weighted by Gasteiger charge is 2.22. The number of amides is 1. The van der Waals surface area contributed by atoms with Gasteiger partial charge in [-0.3, -0.25) is 0 Å². The summed E-state index contributed by atoms with van der Waals surface area (Å²) in [5, 5.41) is 9.46. The molecule has 92 valence electrons. The van der Waals surface area contributed by atoms with Gasteiger partial charge in [0.2, 0.25) is 0 Å². The third-order valence-electron chi connectivity index (χ3n) is 2.86. The molecule has 4 heteroatoms. The Morgan fingerprint density at radius 2 is 2.18 bits per heavy atom. The number of aliphatic hydroxyl groups is 1. The Balaban J connectivity index is 1.81. The van der Waals surface area contributed by atoms with Gasteiger partial charge in [-0.15, -0.1) is 0 Å². The Morgan fingerprint density at radius 1 is 1.41 bits per heavy atom. The minimum absolute atomic E-state index is 0.284. The second kappa shape index (κ2) is 5.68. The number of nitrogens with zero attached hydrogens (tertiary/aromatic N) is 1. The van der Waals surface area contributed by atoms with Gasteiger partial charge < -0.3 is 14.7 Å². The van der Waals surface area contributed by atoms with Crippen LogP contribution in [0.5, 0.6) is 0 Å². The first kappa shape index (κ1) is 11.9. The zero-order valence-electron chi connectivity index (χ0n) is 9.71. The Morgan fingerprint density at radius 3 is 2.88 bits per heavy atom. The van der Waals surface area contributed by atoms with Crippen LogP contribution in [0, 0.1) is 0 Å². The molecule has 1 heterocycles. The smallest absolute Gasteiger partial charge is 0.410 e. The summed E-state index contributed by atoms with van der Waals surface area (Å²) in [6, 6.07) is 9.57. The molecular weight excluding hydrogens is 218 g/mol. The summed E-state index contributed by atoms with van der Waals surface area (Å²) in [6.07, 6.45) is 0.852. The molecule has 1 aliphatic heterocycles. The number of carbonyl (C=O) groups excluding carboxylic acids is 1. The number of rotatable bonds is 2. The number of piperidine rings is 1. The summed E-state index contributed by atoms with van der Waals surface area (Å²) in [7, 11) is 0. The Hall–Kier alpha value is -1.55. The fourth-order valence-electron chi connectivity index (χ4n) is 1.93. The van der Waals surface area contributed by atoms with Crippen LogP contribution in [0.2, 0.25) is 0 Å². The van der Waals surface area contributed by atoms with Crippen molar-refractivity contribution in [3.8, 4) is 0 Å². The first-order chi connectivity index (χ1) is 8.25. The molecule has 1 aromatic rings. The van der Waals surface area contributed by atoms with Crippen LogP contribution in [0.25, 0.3) is 0 Å². The number of hydrogen-bond donors (Lipinski definition) is 1. The summed E-state index contributed by atoms with van der Waals surface area (Å²) >= 11 is 0. The van der Waals surface area contributed by atoms with Crippen molar-refractivity contribution >= 4 is 6.09 Å². The van der Waals surface area contributed by atoms with Crippen molar-refractivity contribution < 1.29 is 14.6 Å². The first-order valence-electron chi connectivity index (χ1n) is 5.89. The molecule has 1 saturated heterocycles. The van der Waals surface area contributed by atoms with Gasteiger partial charge in [-0.1, -0.05) is 30.3 Å². The van der Waals surface area contributed by atoms with Crippen LogP contribution >= 0.6 is 0 Å². The monoisotopic (exact) mass is 235 g/mol. The number of hydrogen-bond acceptors (Lipinski definition) is 3. The predicted molar refractivity (Wildman–Crippen MR) is 63.4 cm³/mol. The Bertz CT molecular complexity index is 366. The average molecular weight is 235 g/mol. The molecule has 17 heavy (non-hydrogen) atoms. The maximum absolute atomic E-state index is 11.7. The normalized spacial score (nSPS) is 20.1. The van der Waals surface area contributed by atoms with E-state index in [0.717, 1.165) is 18.4 Å². The topological polar surface area (TPSA) is 49.8 Å². The molecule has 1 amide bonds. The average Bonchev–Trinajstić information content (AvgIpc) is 2.37. The molecule has 0 radical (unpaired) electrons. The number of β-amino-alcohol motifs (C(OH)–C–C–N with tert-alkyl or cyclic N) is 1. The van der Waals surface area contributed by atoms with Gasteiger partial charge in [0.15, 0.2) is 0 Å². The van der Waals surface area contributed by atoms with E-state index >= 15 is 0 Å². The molecule has 0 unspecified atom stereocenters. The molecule has 1 N–H and O–H groups in total. The molecule has 1 fully saturated rings. The fraction of sp³-hybridized carbons (Fsp3) is 0.462. The summed E-state index contributed by atoms with van der Waals surface area (Å²) in [6.45, 7) is 1.34. The fourth-order valence-corrected chi connectivity index (χ4v) is 1.93. The van der Waals surface area contributed by atoms with Crippen LogP contribution < -0.4 is 0 Å². The lowest BCUT2D eigenvalue weighted by molar-refractivity contribution is 0.0461. The molecule has 0 aliphatic carbocycles. The SMILES string of the molecule is O=C(OCc1ccccc1)N1CCC[C@@H](O)C1. The zero-order chi connectivity index (χ0) is 12.1. The van der Waals surface area contributed by atoms with Crippen molar-refractivity contribution in [2.45, 2.75) is 25.6 Å². The van der Waals surface area contributed by atoms with Crippen molar-refractivity contribution in [3.05, 3.63) is 35.9 Å². The summed E-state index contributed by atoms with van der Waals surface area (Å²) < 4.78 is 5.19. The van der Waals surface area contributed by atoms with Crippen LogP contribution in [0.4, 0.5) is 4.79 Å². The maximum atomic E-state index is 11.7. The third kappa shape index (κ3) is 3.46. The number of aliphatic hydroxyl groups excluding tert-OH is 1. The number of likely N-dealkylation sites (tertiary alicyclic amines) is 1. The third-order valence-corrected chi connectivity index (χ3v) is 2.86. The standard InChI is InChI=1S/C13H17NO3/c15-12-7-4-8-14(9-12)13(16)17-10-11-5-2-1-3-6-11/h1-3,5-6,12,15H,4,7-10H2/t12-/m1/s1. The van der Waals surface area contributed by atoms with Crippen LogP contribution in [0.1, 0.15) is 18.4 Å². The van der Waals surface area contributed by atoms with Gasteiger partial charge in [-0.2, -0.15) is 0 Å². The molecule has 2 rings (SSSR count). The molecule has 0 saturated carbocycles. The maximum Gasteiger partial charge on any atom is 0.410 e. The minimum Gasteiger partial charge on any atom is -0.445 e. The van der Waals surface area contributed by atoms with Gasteiger partial charge in [-0.05, 0) is 18.4 Å². The number of benzene rings is 1. The van der Waals surface area contributed by atoms with Gasteiger partial charge in [0, 0.05) is 13.1 Å². The van der Waals surface area contributed by atoms with E-state index in [1.165, 1.54) is 0 Å². The largest absolute Gasteiger partial charge is 0.445 e. The summed E-state index contributed by atoms with van der Waals surface area (Å²) in [5.74, 6) is 0. The highest BCUT2D eigenvalue weighted by atomic mass is 16.6. The van der Waals surface area contributed by atoms with Crippen molar-refractivity contribution in [2.75, 3.05) is 13.1 Å². The Kier molecular flexibility index (Phi) is 3.98. The molecule has 1 aromatic carbocycles. The molecule has 4 nitrogen and oxygen atoms in total. The molecule has 0 bridgehead atoms. The van der Waals surface area contributed by atoms with E-state index in [2.05, 4.69) is 0 Å². The molecular formula is C13H17NO3. The lowest BCUT2D eigenvalue weighted by atomic mass is 10.1. The van der Waals surface area contributed by atoms with Gasteiger partial charge in [0.1, 0.15) is 6.61 Å². The van der Waals surface area contributed by atoms with Crippen molar-refractivity contribution in [1.82, 2.24) is 4.90 Å². The second-order valence-corrected chi connectivity index (χ2v) is 4.28. The van der Waals surface area contributed by atoms with E-state index < -0.39 is 6.10 Å². The highest BCUT2D eigenvalue weighted by Crippen LogP contribution is 2.11. The molecule has 0 aromatic heterocycles. The lowest BCUT2D eigenvalue weighted by Gasteiger charge is -2.29. The van der Waals surface area contributed by atoms with Crippen molar-refractivity contribution in [3.63, 3.8) is 0 Å². The first-order valence-corrected chi connectivity index (χ1v) is 5.89. The van der Waals surface area contributed by atoms with Crippen LogP contribution in [-0.2, 0) is 11.3 Å². The van der Waals surface area contributed by atoms with Crippen LogP contribution in [-0.4, -0.2) is 35.3 Å². The van der Waals surface area contributed by atoms with Crippen molar-refractivity contribution in [2.24, 2.45) is 0 Å². The van der Waals surface area contributed by atoms with Crippen LogP contribution in [0.15, 0.2) is 30.3 Å².